The van der Waals surface area contributed by atoms with Crippen molar-refractivity contribution in [1.82, 2.24) is 15.1 Å². The van der Waals surface area contributed by atoms with Gasteiger partial charge in [-0.1, -0.05) is 13.8 Å². The van der Waals surface area contributed by atoms with Gasteiger partial charge in [-0.05, 0) is 50.2 Å². The molecule has 1 aliphatic heterocycles. The van der Waals surface area contributed by atoms with E-state index in [1.165, 1.54) is 12.1 Å². The highest BCUT2D eigenvalue weighted by atomic mass is 19.4. The van der Waals surface area contributed by atoms with Crippen LogP contribution in [0.25, 0.3) is 0 Å². The standard InChI is InChI=1S/C19H23F3N4O2/c1-12(2)17-24-25-18(28-17)13-7-9-26(10-8-13)11-16(27)23-15-5-3-14(4-6-15)19(20,21)22/h3-6,12-13H,7-11H2,1-2H3,(H,23,27). The quantitative estimate of drug-likeness (QED) is 0.826. The summed E-state index contributed by atoms with van der Waals surface area (Å²) < 4.78 is 43.4. The van der Waals surface area contributed by atoms with Crippen LogP contribution in [0.15, 0.2) is 28.7 Å². The van der Waals surface area contributed by atoms with Crippen molar-refractivity contribution in [2.45, 2.75) is 44.7 Å². The van der Waals surface area contributed by atoms with Gasteiger partial charge < -0.3 is 9.73 Å². The highest BCUT2D eigenvalue weighted by Crippen LogP contribution is 2.30. The minimum absolute atomic E-state index is 0.189. The predicted molar refractivity (Wildman–Crippen MR) is 96.9 cm³/mol. The Morgan fingerprint density at radius 2 is 1.86 bits per heavy atom. The second kappa shape index (κ2) is 8.30. The van der Waals surface area contributed by atoms with E-state index in [1.807, 2.05) is 18.7 Å². The van der Waals surface area contributed by atoms with Crippen LogP contribution in [0.2, 0.25) is 0 Å². The van der Waals surface area contributed by atoms with Gasteiger partial charge in [0.2, 0.25) is 17.7 Å². The third kappa shape index (κ3) is 5.09. The Kier molecular flexibility index (Phi) is 6.02. The Balaban J connectivity index is 1.47. The molecule has 0 spiro atoms. The van der Waals surface area contributed by atoms with Crippen LogP contribution in [0.1, 0.15) is 55.9 Å². The third-order valence-corrected chi connectivity index (χ3v) is 4.75. The first kappa shape index (κ1) is 20.3. The molecule has 1 saturated heterocycles. The van der Waals surface area contributed by atoms with E-state index in [2.05, 4.69) is 15.5 Å². The van der Waals surface area contributed by atoms with Crippen molar-refractivity contribution in [3.05, 3.63) is 41.6 Å². The van der Waals surface area contributed by atoms with E-state index in [9.17, 15) is 18.0 Å². The number of benzene rings is 1. The van der Waals surface area contributed by atoms with Crippen molar-refractivity contribution >= 4 is 11.6 Å². The van der Waals surface area contributed by atoms with Crippen molar-refractivity contribution < 1.29 is 22.4 Å². The van der Waals surface area contributed by atoms with Crippen LogP contribution in [-0.2, 0) is 11.0 Å². The monoisotopic (exact) mass is 396 g/mol. The Bertz CT molecular complexity index is 794. The molecule has 1 aliphatic rings. The number of nitrogens with one attached hydrogen (secondary N) is 1. The molecule has 0 radical (unpaired) electrons. The average molecular weight is 396 g/mol. The van der Waals surface area contributed by atoms with Crippen molar-refractivity contribution in [1.29, 1.82) is 0 Å². The molecule has 2 heterocycles. The molecule has 0 bridgehead atoms. The summed E-state index contributed by atoms with van der Waals surface area (Å²) in [4.78, 5) is 14.2. The SMILES string of the molecule is CC(C)c1nnc(C2CCN(CC(=O)Nc3ccc(C(F)(F)F)cc3)CC2)o1. The lowest BCUT2D eigenvalue weighted by Crippen LogP contribution is -2.38. The maximum atomic E-state index is 12.6. The summed E-state index contributed by atoms with van der Waals surface area (Å²) in [5, 5.41) is 10.8. The molecule has 0 saturated carbocycles. The van der Waals surface area contributed by atoms with Gasteiger partial charge in [0.15, 0.2) is 0 Å². The number of amides is 1. The fourth-order valence-corrected chi connectivity index (χ4v) is 3.13. The van der Waals surface area contributed by atoms with Gasteiger partial charge in [0.05, 0.1) is 12.1 Å². The number of alkyl halides is 3. The first-order chi connectivity index (χ1) is 13.2. The molecule has 0 unspecified atom stereocenters. The number of likely N-dealkylation sites (tertiary alicyclic amines) is 1. The van der Waals surface area contributed by atoms with Crippen LogP contribution < -0.4 is 5.32 Å². The molecule has 0 aliphatic carbocycles. The molecule has 1 aromatic carbocycles. The van der Waals surface area contributed by atoms with Gasteiger partial charge in [0, 0.05) is 17.5 Å². The van der Waals surface area contributed by atoms with Gasteiger partial charge in [0.25, 0.3) is 0 Å². The van der Waals surface area contributed by atoms with Crippen molar-refractivity contribution in [2.24, 2.45) is 0 Å². The molecular weight excluding hydrogens is 373 g/mol. The van der Waals surface area contributed by atoms with Crippen LogP contribution in [-0.4, -0.2) is 40.6 Å². The van der Waals surface area contributed by atoms with Gasteiger partial charge in [-0.2, -0.15) is 13.2 Å². The van der Waals surface area contributed by atoms with Gasteiger partial charge in [-0.25, -0.2) is 0 Å². The summed E-state index contributed by atoms with van der Waals surface area (Å²) in [6.45, 7) is 5.61. The molecule has 3 rings (SSSR count). The van der Waals surface area contributed by atoms with Crippen LogP contribution in [0, 0.1) is 0 Å². The Morgan fingerprint density at radius 3 is 2.39 bits per heavy atom. The number of hydrogen-bond acceptors (Lipinski definition) is 5. The fraction of sp³-hybridized carbons (Fsp3) is 0.526. The van der Waals surface area contributed by atoms with Gasteiger partial charge in [0.1, 0.15) is 0 Å². The van der Waals surface area contributed by atoms with Crippen LogP contribution in [0.5, 0.6) is 0 Å². The molecule has 1 fully saturated rings. The molecule has 1 aromatic heterocycles. The molecule has 2 aromatic rings. The van der Waals surface area contributed by atoms with E-state index in [0.717, 1.165) is 25.0 Å². The number of carbonyl (C=O) groups is 1. The number of aromatic nitrogens is 2. The summed E-state index contributed by atoms with van der Waals surface area (Å²) in [6.07, 6.45) is -2.76. The topological polar surface area (TPSA) is 71.3 Å². The fourth-order valence-electron chi connectivity index (χ4n) is 3.13. The van der Waals surface area contributed by atoms with E-state index < -0.39 is 11.7 Å². The maximum Gasteiger partial charge on any atom is 0.416 e. The molecule has 9 heteroatoms. The zero-order valence-corrected chi connectivity index (χ0v) is 15.8. The summed E-state index contributed by atoms with van der Waals surface area (Å²) in [5.74, 6) is 1.41. The Labute approximate surface area is 161 Å². The van der Waals surface area contributed by atoms with E-state index >= 15 is 0 Å². The molecule has 1 amide bonds. The van der Waals surface area contributed by atoms with E-state index in [0.29, 0.717) is 30.6 Å². The van der Waals surface area contributed by atoms with Gasteiger partial charge in [-0.3, -0.25) is 9.69 Å². The third-order valence-electron chi connectivity index (χ3n) is 4.75. The first-order valence-corrected chi connectivity index (χ1v) is 9.25. The van der Waals surface area contributed by atoms with E-state index in [-0.39, 0.29) is 24.3 Å². The van der Waals surface area contributed by atoms with Gasteiger partial charge >= 0.3 is 6.18 Å². The summed E-state index contributed by atoms with van der Waals surface area (Å²) >= 11 is 0. The zero-order chi connectivity index (χ0) is 20.3. The van der Waals surface area contributed by atoms with E-state index in [4.69, 9.17) is 4.42 Å². The van der Waals surface area contributed by atoms with Gasteiger partial charge in [-0.15, -0.1) is 10.2 Å². The molecule has 152 valence electrons. The number of halogens is 3. The van der Waals surface area contributed by atoms with E-state index in [1.54, 1.807) is 0 Å². The number of hydrogen-bond donors (Lipinski definition) is 1. The molecule has 6 nitrogen and oxygen atoms in total. The normalized spacial score (nSPS) is 16.5. The molecule has 28 heavy (non-hydrogen) atoms. The van der Waals surface area contributed by atoms with Crippen LogP contribution >= 0.6 is 0 Å². The Morgan fingerprint density at radius 1 is 1.21 bits per heavy atom. The van der Waals surface area contributed by atoms with Crippen LogP contribution in [0.3, 0.4) is 0 Å². The molecule has 0 atom stereocenters. The summed E-state index contributed by atoms with van der Waals surface area (Å²) in [5.41, 5.74) is -0.394. The maximum absolute atomic E-state index is 12.6. The minimum atomic E-state index is -4.39. The highest BCUT2D eigenvalue weighted by Gasteiger charge is 2.30. The lowest BCUT2D eigenvalue weighted by Gasteiger charge is -2.29. The lowest BCUT2D eigenvalue weighted by molar-refractivity contribution is -0.137. The average Bonchev–Trinajstić information content (AvgIpc) is 3.12. The lowest BCUT2D eigenvalue weighted by atomic mass is 9.97. The van der Waals surface area contributed by atoms with Crippen molar-refractivity contribution in [3.63, 3.8) is 0 Å². The smallest absolute Gasteiger partial charge is 0.416 e. The number of nitrogens with zero attached hydrogens (tertiary/aromatic N) is 3. The second-order valence-electron chi connectivity index (χ2n) is 7.31. The predicted octanol–water partition coefficient (Wildman–Crippen LogP) is 4.03. The number of piperidine rings is 1. The summed E-state index contributed by atoms with van der Waals surface area (Å²) in [7, 11) is 0. The number of anilines is 1. The largest absolute Gasteiger partial charge is 0.425 e. The number of carbonyl (C=O) groups excluding carboxylic acids is 1. The highest BCUT2D eigenvalue weighted by molar-refractivity contribution is 5.92. The van der Waals surface area contributed by atoms with Crippen LogP contribution in [0.4, 0.5) is 18.9 Å². The Hall–Kier alpha value is -2.42. The molecular formula is C19H23F3N4O2. The van der Waals surface area contributed by atoms with Crippen molar-refractivity contribution in [2.75, 3.05) is 25.0 Å². The number of rotatable bonds is 5. The second-order valence-corrected chi connectivity index (χ2v) is 7.31. The summed E-state index contributed by atoms with van der Waals surface area (Å²) in [6, 6.07) is 4.43. The first-order valence-electron chi connectivity index (χ1n) is 9.25. The van der Waals surface area contributed by atoms with Crippen molar-refractivity contribution in [3.8, 4) is 0 Å². The minimum Gasteiger partial charge on any atom is -0.425 e. The zero-order valence-electron chi connectivity index (χ0n) is 15.8. The molecule has 1 N–H and O–H groups in total.